The number of pyridine rings is 1. The number of hydrogen-bond acceptors (Lipinski definition) is 2. The van der Waals surface area contributed by atoms with E-state index in [1.165, 1.54) is 0 Å². The summed E-state index contributed by atoms with van der Waals surface area (Å²) in [4.78, 5) is 3.59. The van der Waals surface area contributed by atoms with Gasteiger partial charge in [0.2, 0.25) is 0 Å². The van der Waals surface area contributed by atoms with Crippen LogP contribution in [0.15, 0.2) is 6.07 Å². The molecule has 1 rings (SSSR count). The summed E-state index contributed by atoms with van der Waals surface area (Å²) in [5.41, 5.74) is 4.27. The Labute approximate surface area is 83.9 Å². The lowest BCUT2D eigenvalue weighted by molar-refractivity contribution is -0.138. The first-order valence-electron chi connectivity index (χ1n) is 3.88. The Balaban J connectivity index is 3.40. The molecule has 0 unspecified atom stereocenters. The molecule has 78 valence electrons. The molecular weight excluding hydrogens is 217 g/mol. The maximum absolute atomic E-state index is 12.5. The van der Waals surface area contributed by atoms with Crippen molar-refractivity contribution in [1.82, 2.24) is 4.98 Å². The standard InChI is InChI=1S/C8H8ClF3N2/c1-2-5-7(8(10,11)12)4(9)3-6(13)14-5/h3H,2H2,1H3,(H2,13,14). The second-order valence-corrected chi connectivity index (χ2v) is 3.11. The fourth-order valence-corrected chi connectivity index (χ4v) is 1.47. The van der Waals surface area contributed by atoms with Crippen molar-refractivity contribution in [2.45, 2.75) is 19.5 Å². The third-order valence-electron chi connectivity index (χ3n) is 1.68. The molecule has 0 spiro atoms. The van der Waals surface area contributed by atoms with E-state index >= 15 is 0 Å². The van der Waals surface area contributed by atoms with Crippen LogP contribution in [0.5, 0.6) is 0 Å². The van der Waals surface area contributed by atoms with Gasteiger partial charge in [-0.25, -0.2) is 4.98 Å². The molecule has 0 aromatic carbocycles. The highest BCUT2D eigenvalue weighted by molar-refractivity contribution is 6.31. The minimum atomic E-state index is -4.48. The summed E-state index contributed by atoms with van der Waals surface area (Å²) in [6.07, 6.45) is -4.34. The third kappa shape index (κ3) is 2.09. The van der Waals surface area contributed by atoms with Crippen LogP contribution in [-0.2, 0) is 12.6 Å². The molecule has 6 heteroatoms. The molecule has 0 fully saturated rings. The van der Waals surface area contributed by atoms with Gasteiger partial charge in [-0.1, -0.05) is 18.5 Å². The fourth-order valence-electron chi connectivity index (χ4n) is 1.14. The molecule has 1 heterocycles. The zero-order valence-electron chi connectivity index (χ0n) is 7.32. The first-order chi connectivity index (χ1) is 6.36. The molecule has 0 atom stereocenters. The number of aromatic nitrogens is 1. The van der Waals surface area contributed by atoms with Crippen LogP contribution in [0, 0.1) is 0 Å². The number of aryl methyl sites for hydroxylation is 1. The van der Waals surface area contributed by atoms with E-state index in [0.717, 1.165) is 6.07 Å². The fraction of sp³-hybridized carbons (Fsp3) is 0.375. The topological polar surface area (TPSA) is 38.9 Å². The van der Waals surface area contributed by atoms with Gasteiger partial charge in [-0.2, -0.15) is 13.2 Å². The van der Waals surface area contributed by atoms with Crippen molar-refractivity contribution in [3.05, 3.63) is 22.3 Å². The van der Waals surface area contributed by atoms with Crippen molar-refractivity contribution < 1.29 is 13.2 Å². The minimum absolute atomic E-state index is 0.000139. The molecule has 0 aliphatic heterocycles. The van der Waals surface area contributed by atoms with Gasteiger partial charge in [-0.15, -0.1) is 0 Å². The molecular formula is C8H8ClF3N2. The number of rotatable bonds is 1. The molecule has 14 heavy (non-hydrogen) atoms. The van der Waals surface area contributed by atoms with E-state index in [1.54, 1.807) is 6.92 Å². The maximum atomic E-state index is 12.5. The van der Waals surface area contributed by atoms with E-state index in [4.69, 9.17) is 17.3 Å². The van der Waals surface area contributed by atoms with Gasteiger partial charge >= 0.3 is 6.18 Å². The zero-order chi connectivity index (χ0) is 10.9. The highest BCUT2D eigenvalue weighted by Gasteiger charge is 2.36. The summed E-state index contributed by atoms with van der Waals surface area (Å²) in [6, 6.07) is 1.00. The van der Waals surface area contributed by atoms with Crippen LogP contribution in [0.25, 0.3) is 0 Å². The molecule has 0 saturated carbocycles. The molecule has 0 saturated heterocycles. The first-order valence-corrected chi connectivity index (χ1v) is 4.26. The molecule has 0 bridgehead atoms. The summed E-state index contributed by atoms with van der Waals surface area (Å²) in [5, 5.41) is -0.401. The van der Waals surface area contributed by atoms with Gasteiger partial charge in [-0.05, 0) is 12.5 Å². The van der Waals surface area contributed by atoms with Crippen molar-refractivity contribution in [2.24, 2.45) is 0 Å². The van der Waals surface area contributed by atoms with E-state index in [9.17, 15) is 13.2 Å². The molecule has 0 aliphatic carbocycles. The average molecular weight is 225 g/mol. The Morgan fingerprint density at radius 1 is 1.50 bits per heavy atom. The largest absolute Gasteiger partial charge is 0.419 e. The lowest BCUT2D eigenvalue weighted by Gasteiger charge is -2.13. The van der Waals surface area contributed by atoms with Crippen molar-refractivity contribution in [3.8, 4) is 0 Å². The number of hydrogen-bond donors (Lipinski definition) is 1. The van der Waals surface area contributed by atoms with Gasteiger partial charge in [0.25, 0.3) is 0 Å². The van der Waals surface area contributed by atoms with E-state index in [2.05, 4.69) is 4.98 Å². The van der Waals surface area contributed by atoms with E-state index in [0.29, 0.717) is 0 Å². The summed E-state index contributed by atoms with van der Waals surface area (Å²) >= 11 is 5.46. The summed E-state index contributed by atoms with van der Waals surface area (Å²) in [5.74, 6) is -0.000139. The summed E-state index contributed by atoms with van der Waals surface area (Å²) in [7, 11) is 0. The van der Waals surface area contributed by atoms with Gasteiger partial charge < -0.3 is 5.73 Å². The third-order valence-corrected chi connectivity index (χ3v) is 1.98. The van der Waals surface area contributed by atoms with E-state index in [1.807, 2.05) is 0 Å². The second kappa shape index (κ2) is 3.65. The van der Waals surface area contributed by atoms with Crippen LogP contribution in [0.2, 0.25) is 5.02 Å². The summed E-state index contributed by atoms with van der Waals surface area (Å²) < 4.78 is 37.4. The quantitative estimate of drug-likeness (QED) is 0.797. The Morgan fingerprint density at radius 3 is 2.50 bits per heavy atom. The number of nitrogens with two attached hydrogens (primary N) is 1. The molecule has 2 N–H and O–H groups in total. The van der Waals surface area contributed by atoms with Crippen LogP contribution in [-0.4, -0.2) is 4.98 Å². The van der Waals surface area contributed by atoms with Crippen LogP contribution in [0.3, 0.4) is 0 Å². The number of nitrogens with zero attached hydrogens (tertiary/aromatic N) is 1. The Hall–Kier alpha value is -0.970. The number of alkyl halides is 3. The smallest absolute Gasteiger partial charge is 0.384 e. The van der Waals surface area contributed by atoms with Crippen LogP contribution >= 0.6 is 11.6 Å². The molecule has 0 radical (unpaired) electrons. The predicted octanol–water partition coefficient (Wildman–Crippen LogP) is 2.90. The van der Waals surface area contributed by atoms with Crippen molar-refractivity contribution in [3.63, 3.8) is 0 Å². The van der Waals surface area contributed by atoms with Gasteiger partial charge in [0.05, 0.1) is 16.3 Å². The lowest BCUT2D eigenvalue weighted by Crippen LogP contribution is -2.12. The SMILES string of the molecule is CCc1nc(N)cc(Cl)c1C(F)(F)F. The zero-order valence-corrected chi connectivity index (χ0v) is 8.08. The normalized spacial score (nSPS) is 11.8. The van der Waals surface area contributed by atoms with Crippen molar-refractivity contribution in [1.29, 1.82) is 0 Å². The second-order valence-electron chi connectivity index (χ2n) is 2.70. The molecule has 0 aliphatic rings. The van der Waals surface area contributed by atoms with E-state index < -0.39 is 16.8 Å². The van der Waals surface area contributed by atoms with E-state index in [-0.39, 0.29) is 17.9 Å². The van der Waals surface area contributed by atoms with Crippen molar-refractivity contribution >= 4 is 17.4 Å². The minimum Gasteiger partial charge on any atom is -0.384 e. The van der Waals surface area contributed by atoms with Gasteiger partial charge in [-0.3, -0.25) is 0 Å². The Bertz CT molecular complexity index is 349. The van der Waals surface area contributed by atoms with Crippen LogP contribution < -0.4 is 5.73 Å². The molecule has 2 nitrogen and oxygen atoms in total. The maximum Gasteiger partial charge on any atom is 0.419 e. The Morgan fingerprint density at radius 2 is 2.07 bits per heavy atom. The van der Waals surface area contributed by atoms with Crippen molar-refractivity contribution in [2.75, 3.05) is 5.73 Å². The summed E-state index contributed by atoms with van der Waals surface area (Å²) in [6.45, 7) is 1.56. The number of anilines is 1. The highest BCUT2D eigenvalue weighted by atomic mass is 35.5. The predicted molar refractivity (Wildman–Crippen MR) is 48.0 cm³/mol. The molecule has 1 aromatic heterocycles. The molecule has 1 aromatic rings. The van der Waals surface area contributed by atoms with Gasteiger partial charge in [0.15, 0.2) is 0 Å². The monoisotopic (exact) mass is 224 g/mol. The van der Waals surface area contributed by atoms with Crippen LogP contribution in [0.1, 0.15) is 18.2 Å². The first kappa shape index (κ1) is 11.1. The van der Waals surface area contributed by atoms with Gasteiger partial charge in [0, 0.05) is 0 Å². The van der Waals surface area contributed by atoms with Crippen LogP contribution in [0.4, 0.5) is 19.0 Å². The highest BCUT2D eigenvalue weighted by Crippen LogP contribution is 2.37. The van der Waals surface area contributed by atoms with Gasteiger partial charge in [0.1, 0.15) is 5.82 Å². The number of halogens is 4. The average Bonchev–Trinajstić information content (AvgIpc) is 1.99. The number of nitrogen functional groups attached to an aromatic ring is 1. The molecule has 0 amide bonds. The lowest BCUT2D eigenvalue weighted by atomic mass is 10.1. The Kier molecular flexibility index (Phi) is 2.89.